The molecule has 8 nitrogen and oxygen atoms in total. The number of hydrogen-bond acceptors (Lipinski definition) is 7. The Morgan fingerprint density at radius 1 is 1.03 bits per heavy atom. The van der Waals surface area contributed by atoms with Gasteiger partial charge in [0, 0.05) is 16.6 Å². The second kappa shape index (κ2) is 10.3. The predicted octanol–water partition coefficient (Wildman–Crippen LogP) is 4.64. The van der Waals surface area contributed by atoms with Gasteiger partial charge in [0.15, 0.2) is 9.86 Å². The molecule has 1 rings (SSSR count). The van der Waals surface area contributed by atoms with Crippen LogP contribution in [0.5, 0.6) is 0 Å². The van der Waals surface area contributed by atoms with Crippen LogP contribution >= 0.6 is 11.8 Å². The van der Waals surface area contributed by atoms with Gasteiger partial charge in [0.25, 0.3) is 0 Å². The number of carbonyl (C=O) groups excluding carboxylic acids is 3. The van der Waals surface area contributed by atoms with E-state index in [0.717, 1.165) is 11.4 Å². The summed E-state index contributed by atoms with van der Waals surface area (Å²) in [6.45, 7) is 17.4. The lowest BCUT2D eigenvalue weighted by molar-refractivity contribution is -0.130. The third-order valence-electron chi connectivity index (χ3n) is 4.55. The van der Waals surface area contributed by atoms with Crippen molar-refractivity contribution >= 4 is 40.5 Å². The van der Waals surface area contributed by atoms with Crippen molar-refractivity contribution in [2.45, 2.75) is 103 Å². The molecule has 1 fully saturated rings. The van der Waals surface area contributed by atoms with Gasteiger partial charge < -0.3 is 9.47 Å². The van der Waals surface area contributed by atoms with Gasteiger partial charge in [-0.05, 0) is 65.6 Å². The summed E-state index contributed by atoms with van der Waals surface area (Å²) in [6, 6.07) is -1.13. The number of rotatable bonds is 4. The largest absolute Gasteiger partial charge is 0.443 e. The Balaban J connectivity index is 3.51. The van der Waals surface area contributed by atoms with E-state index in [4.69, 9.17) is 9.47 Å². The summed E-state index contributed by atoms with van der Waals surface area (Å²) in [5.41, 5.74) is -0.0200. The van der Waals surface area contributed by atoms with Crippen LogP contribution in [0, 0.1) is 5.41 Å². The molecule has 0 aliphatic carbocycles. The first-order chi connectivity index (χ1) is 14.3. The summed E-state index contributed by atoms with van der Waals surface area (Å²) in [6.07, 6.45) is -0.647. The minimum atomic E-state index is -1.41. The summed E-state index contributed by atoms with van der Waals surface area (Å²) in [5, 5.41) is 0.922. The van der Waals surface area contributed by atoms with Crippen LogP contribution < -0.4 is 5.43 Å². The Labute approximate surface area is 199 Å². The molecule has 2 amide bonds. The molecule has 0 aromatic heterocycles. The van der Waals surface area contributed by atoms with Crippen LogP contribution in [0.2, 0.25) is 0 Å². The van der Waals surface area contributed by atoms with E-state index in [9.17, 15) is 18.6 Å². The molecule has 1 heterocycles. The molecule has 186 valence electrons. The van der Waals surface area contributed by atoms with Crippen molar-refractivity contribution in [1.82, 2.24) is 10.4 Å². The highest BCUT2D eigenvalue weighted by Gasteiger charge is 2.54. The highest BCUT2D eigenvalue weighted by atomic mass is 32.2. The monoisotopic (exact) mass is 492 g/mol. The first kappa shape index (κ1) is 28.7. The van der Waals surface area contributed by atoms with E-state index in [1.54, 1.807) is 62.3 Å². The van der Waals surface area contributed by atoms with E-state index in [0.29, 0.717) is 17.9 Å². The topological polar surface area (TPSA) is 102 Å². The van der Waals surface area contributed by atoms with Crippen LogP contribution in [0.4, 0.5) is 9.59 Å². The molecular formula is C22H40N2O6S2. The number of nitrogens with one attached hydrogen (secondary N) is 1. The van der Waals surface area contributed by atoms with E-state index >= 15 is 0 Å². The number of thioether (sulfide) groups is 1. The molecule has 1 N–H and O–H groups in total. The number of Topliss-reactive ketones (excluding diaryl/α,β-unsaturated/α-hetero) is 1. The van der Waals surface area contributed by atoms with Crippen LogP contribution in [-0.4, -0.2) is 60.0 Å². The van der Waals surface area contributed by atoms with Gasteiger partial charge >= 0.3 is 12.2 Å². The van der Waals surface area contributed by atoms with Crippen molar-refractivity contribution in [3.8, 4) is 0 Å². The first-order valence-electron chi connectivity index (χ1n) is 10.9. The lowest BCUT2D eigenvalue weighted by Gasteiger charge is -2.44. The van der Waals surface area contributed by atoms with Gasteiger partial charge in [0.1, 0.15) is 17.2 Å². The highest BCUT2D eigenvalue weighted by Crippen LogP contribution is 2.42. The van der Waals surface area contributed by atoms with Crippen molar-refractivity contribution < 1.29 is 28.1 Å². The lowest BCUT2D eigenvalue weighted by Crippen LogP contribution is -2.64. The summed E-state index contributed by atoms with van der Waals surface area (Å²) < 4.78 is 22.8. The Hall–Kier alpha value is -1.29. The van der Waals surface area contributed by atoms with Crippen LogP contribution in [0.1, 0.15) is 82.1 Å². The molecule has 0 spiro atoms. The van der Waals surface area contributed by atoms with Crippen LogP contribution in [0.15, 0.2) is 0 Å². The molecule has 1 saturated heterocycles. The number of hydrazine groups is 1. The standard InChI is InChI=1S/C22H40N2O6S2/c1-11-22(31-13-12-14-32(22)28)16(25)15(19(2,3)4)24(18(27)30-21(8,9)10)23-17(26)29-20(5,6)7/h15H,11-14H2,1-10H3,(H,23,26)/t15-,22-,32?/m1/s1. The van der Waals surface area contributed by atoms with Crippen molar-refractivity contribution in [1.29, 1.82) is 0 Å². The highest BCUT2D eigenvalue weighted by molar-refractivity contribution is 8.14. The Morgan fingerprint density at radius 2 is 1.56 bits per heavy atom. The van der Waals surface area contributed by atoms with Crippen molar-refractivity contribution in [3.63, 3.8) is 0 Å². The average Bonchev–Trinajstić information content (AvgIpc) is 2.57. The van der Waals surface area contributed by atoms with Crippen molar-refractivity contribution in [2.24, 2.45) is 5.41 Å². The van der Waals surface area contributed by atoms with Crippen LogP contribution in [0.25, 0.3) is 0 Å². The molecule has 0 aromatic carbocycles. The predicted molar refractivity (Wildman–Crippen MR) is 129 cm³/mol. The molecule has 1 aliphatic rings. The van der Waals surface area contributed by atoms with E-state index in [-0.39, 0.29) is 5.78 Å². The fourth-order valence-corrected chi connectivity index (χ4v) is 6.99. The normalized spacial score (nSPS) is 23.1. The SMILES string of the molecule is CC[C@@]1(C(=O)[C@@H](N(NC(=O)OC(C)(C)C)C(=O)OC(C)(C)C)C(C)(C)C)SCCCS1=O. The smallest absolute Gasteiger partial charge is 0.430 e. The van der Waals surface area contributed by atoms with Gasteiger partial charge in [0.05, 0.1) is 0 Å². The molecule has 3 atom stereocenters. The number of ketones is 1. The summed E-state index contributed by atoms with van der Waals surface area (Å²) in [4.78, 5) is 39.9. The Morgan fingerprint density at radius 3 is 1.97 bits per heavy atom. The molecule has 0 aromatic rings. The summed E-state index contributed by atoms with van der Waals surface area (Å²) in [5.74, 6) is 0.765. The van der Waals surface area contributed by atoms with Gasteiger partial charge in [-0.25, -0.2) is 20.0 Å². The second-order valence-corrected chi connectivity index (χ2v) is 14.4. The maximum Gasteiger partial charge on any atom is 0.430 e. The Bertz CT molecular complexity index is 736. The van der Waals surface area contributed by atoms with Crippen LogP contribution in [0.3, 0.4) is 0 Å². The third-order valence-corrected chi connectivity index (χ3v) is 8.79. The van der Waals surface area contributed by atoms with Crippen LogP contribution in [-0.2, 0) is 25.1 Å². The van der Waals surface area contributed by atoms with Crippen molar-refractivity contribution in [2.75, 3.05) is 11.5 Å². The van der Waals surface area contributed by atoms with E-state index in [2.05, 4.69) is 5.43 Å². The molecule has 0 saturated carbocycles. The molecule has 0 radical (unpaired) electrons. The lowest BCUT2D eigenvalue weighted by atomic mass is 9.82. The fourth-order valence-electron chi connectivity index (χ4n) is 3.31. The van der Waals surface area contributed by atoms with Gasteiger partial charge in [-0.1, -0.05) is 27.7 Å². The second-order valence-electron chi connectivity index (χ2n) is 11.0. The molecule has 32 heavy (non-hydrogen) atoms. The van der Waals surface area contributed by atoms with Gasteiger partial charge in [0.2, 0.25) is 0 Å². The minimum absolute atomic E-state index is 0.351. The quantitative estimate of drug-likeness (QED) is 0.570. The van der Waals surface area contributed by atoms with E-state index in [1.807, 2.05) is 6.92 Å². The zero-order valence-electron chi connectivity index (χ0n) is 21.1. The molecular weight excluding hydrogens is 452 g/mol. The van der Waals surface area contributed by atoms with E-state index < -0.39 is 49.7 Å². The third kappa shape index (κ3) is 7.64. The molecule has 10 heteroatoms. The summed E-state index contributed by atoms with van der Waals surface area (Å²) >= 11 is 1.37. The van der Waals surface area contributed by atoms with Gasteiger partial charge in [-0.2, -0.15) is 0 Å². The van der Waals surface area contributed by atoms with Gasteiger partial charge in [-0.15, -0.1) is 11.8 Å². The number of ether oxygens (including phenoxy) is 2. The number of amides is 2. The number of carbonyl (C=O) groups is 3. The molecule has 0 bridgehead atoms. The van der Waals surface area contributed by atoms with Crippen molar-refractivity contribution in [3.05, 3.63) is 0 Å². The summed E-state index contributed by atoms with van der Waals surface area (Å²) in [7, 11) is -1.41. The molecule has 1 unspecified atom stereocenters. The maximum atomic E-state index is 14.0. The zero-order valence-corrected chi connectivity index (χ0v) is 22.8. The average molecular weight is 493 g/mol. The Kier molecular flexibility index (Phi) is 9.27. The van der Waals surface area contributed by atoms with E-state index in [1.165, 1.54) is 11.8 Å². The number of hydrogen-bond donors (Lipinski definition) is 1. The zero-order chi connectivity index (χ0) is 25.1. The minimum Gasteiger partial charge on any atom is -0.443 e. The fraction of sp³-hybridized carbons (Fsp3) is 0.864. The number of nitrogens with zero attached hydrogens (tertiary/aromatic N) is 1. The van der Waals surface area contributed by atoms with Gasteiger partial charge in [-0.3, -0.25) is 9.00 Å². The maximum absolute atomic E-state index is 14.0. The first-order valence-corrected chi connectivity index (χ1v) is 13.2. The molecule has 1 aliphatic heterocycles.